The largest absolute Gasteiger partial charge is 0.508 e. The van der Waals surface area contributed by atoms with E-state index < -0.39 is 59.9 Å². The maximum atomic E-state index is 13.2. The Bertz CT molecular complexity index is 979. The van der Waals surface area contributed by atoms with Gasteiger partial charge in [-0.1, -0.05) is 26.0 Å². The number of aliphatic hydroxyl groups excluding tert-OH is 1. The van der Waals surface area contributed by atoms with Gasteiger partial charge in [0.2, 0.25) is 17.7 Å². The van der Waals surface area contributed by atoms with E-state index in [1.165, 1.54) is 31.2 Å². The van der Waals surface area contributed by atoms with E-state index in [0.29, 0.717) is 12.0 Å². The van der Waals surface area contributed by atoms with Crippen LogP contribution in [0.4, 0.5) is 0 Å². The summed E-state index contributed by atoms with van der Waals surface area (Å²) in [5.41, 5.74) is 17.0. The van der Waals surface area contributed by atoms with E-state index in [9.17, 15) is 34.5 Å². The molecule has 0 fully saturated rings. The summed E-state index contributed by atoms with van der Waals surface area (Å²) in [7, 11) is 0. The maximum Gasteiger partial charge on any atom is 0.328 e. The van der Waals surface area contributed by atoms with Gasteiger partial charge in [0.1, 0.15) is 17.8 Å². The third-order valence-electron chi connectivity index (χ3n) is 5.61. The molecule has 0 saturated carbocycles. The first kappa shape index (κ1) is 32.1. The molecule has 0 aliphatic carbocycles. The highest BCUT2D eigenvalue weighted by Gasteiger charge is 2.33. The van der Waals surface area contributed by atoms with Crippen LogP contribution in [0, 0.1) is 5.92 Å². The number of guanidine groups is 1. The van der Waals surface area contributed by atoms with Crippen molar-refractivity contribution in [2.24, 2.45) is 28.1 Å². The molecule has 0 saturated heterocycles. The summed E-state index contributed by atoms with van der Waals surface area (Å²) in [6, 6.07) is 0.993. The average molecular weight is 538 g/mol. The summed E-state index contributed by atoms with van der Waals surface area (Å²) in [5, 5.41) is 36.0. The fraction of sp³-hybridized carbons (Fsp3) is 0.542. The molecule has 1 rings (SSSR count). The van der Waals surface area contributed by atoms with Crippen LogP contribution < -0.4 is 33.2 Å². The molecule has 14 nitrogen and oxygen atoms in total. The van der Waals surface area contributed by atoms with Crippen LogP contribution in [0.5, 0.6) is 5.75 Å². The molecule has 14 heteroatoms. The van der Waals surface area contributed by atoms with Gasteiger partial charge in [0.15, 0.2) is 12.0 Å². The highest BCUT2D eigenvalue weighted by atomic mass is 16.4. The van der Waals surface area contributed by atoms with Crippen molar-refractivity contribution in [2.45, 2.75) is 70.3 Å². The zero-order valence-electron chi connectivity index (χ0n) is 21.8. The molecular formula is C24H39N7O7. The van der Waals surface area contributed by atoms with Crippen molar-refractivity contribution >= 4 is 29.7 Å². The fourth-order valence-corrected chi connectivity index (χ4v) is 3.43. The van der Waals surface area contributed by atoms with Crippen LogP contribution in [0.1, 0.15) is 39.2 Å². The Kier molecular flexibility index (Phi) is 13.0. The number of phenolic OH excluding ortho intramolecular Hbond substituents is 1. The molecule has 3 amide bonds. The van der Waals surface area contributed by atoms with Crippen molar-refractivity contribution in [1.29, 1.82) is 0 Å². The predicted octanol–water partition coefficient (Wildman–Crippen LogP) is -2.11. The number of carboxylic acids is 1. The molecule has 0 bridgehead atoms. The SMILES string of the molecule is CC(C)C(NC(=O)C(N)CCCN=C(N)N)C(=O)NC(Cc1ccc(O)cc1)C(=O)NC(C(=O)O)C(C)O. The molecule has 0 aliphatic rings. The van der Waals surface area contributed by atoms with Crippen molar-refractivity contribution in [3.8, 4) is 5.75 Å². The summed E-state index contributed by atoms with van der Waals surface area (Å²) in [6.07, 6.45) is -0.768. The monoisotopic (exact) mass is 537 g/mol. The zero-order valence-corrected chi connectivity index (χ0v) is 21.8. The van der Waals surface area contributed by atoms with Gasteiger partial charge >= 0.3 is 5.97 Å². The molecule has 12 N–H and O–H groups in total. The van der Waals surface area contributed by atoms with E-state index in [4.69, 9.17) is 17.2 Å². The molecule has 1 aromatic carbocycles. The number of amides is 3. The number of benzene rings is 1. The standard InChI is InChI=1S/C24H39N7O7/c1-12(2)18(30-20(34)16(25)5-4-10-28-24(26)27)22(36)29-17(11-14-6-8-15(33)9-7-14)21(35)31-19(13(3)32)23(37)38/h6-9,12-13,16-19,32-33H,4-5,10-11,25H2,1-3H3,(H,29,36)(H,30,34)(H,31,35)(H,37,38)(H4,26,27,28). The molecule has 0 aliphatic heterocycles. The highest BCUT2D eigenvalue weighted by molar-refractivity contribution is 5.94. The molecule has 0 radical (unpaired) electrons. The number of hydrogen-bond donors (Lipinski definition) is 9. The molecule has 38 heavy (non-hydrogen) atoms. The first-order valence-corrected chi connectivity index (χ1v) is 12.1. The van der Waals surface area contributed by atoms with Crippen LogP contribution in [0.25, 0.3) is 0 Å². The summed E-state index contributed by atoms with van der Waals surface area (Å²) < 4.78 is 0. The Morgan fingerprint density at radius 1 is 0.921 bits per heavy atom. The summed E-state index contributed by atoms with van der Waals surface area (Å²) in [6.45, 7) is 4.88. The normalized spacial score (nSPS) is 14.9. The smallest absolute Gasteiger partial charge is 0.328 e. The fourth-order valence-electron chi connectivity index (χ4n) is 3.43. The number of carboxylic acid groups (broad SMARTS) is 1. The van der Waals surface area contributed by atoms with E-state index in [0.717, 1.165) is 0 Å². The number of hydrogen-bond acceptors (Lipinski definition) is 8. The number of nitrogens with zero attached hydrogens (tertiary/aromatic N) is 1. The summed E-state index contributed by atoms with van der Waals surface area (Å²) >= 11 is 0. The van der Waals surface area contributed by atoms with Gasteiger partial charge in [-0.15, -0.1) is 0 Å². The number of nitrogens with one attached hydrogen (secondary N) is 3. The molecule has 5 atom stereocenters. The first-order chi connectivity index (χ1) is 17.7. The Labute approximate surface area is 221 Å². The Morgan fingerprint density at radius 2 is 1.50 bits per heavy atom. The number of phenols is 1. The van der Waals surface area contributed by atoms with Gasteiger partial charge in [-0.3, -0.25) is 19.4 Å². The second-order valence-electron chi connectivity index (χ2n) is 9.28. The van der Waals surface area contributed by atoms with Gasteiger partial charge in [0.25, 0.3) is 0 Å². The van der Waals surface area contributed by atoms with Crippen molar-refractivity contribution in [3.05, 3.63) is 29.8 Å². The van der Waals surface area contributed by atoms with E-state index in [1.54, 1.807) is 13.8 Å². The lowest BCUT2D eigenvalue weighted by Gasteiger charge is -2.27. The first-order valence-electron chi connectivity index (χ1n) is 12.1. The van der Waals surface area contributed by atoms with Crippen LogP contribution in [-0.4, -0.2) is 81.8 Å². The second-order valence-corrected chi connectivity index (χ2v) is 9.28. The topological polar surface area (TPSA) is 255 Å². The van der Waals surface area contributed by atoms with Crippen molar-refractivity contribution in [1.82, 2.24) is 16.0 Å². The average Bonchev–Trinajstić information content (AvgIpc) is 2.83. The lowest BCUT2D eigenvalue weighted by atomic mass is 10.00. The van der Waals surface area contributed by atoms with E-state index in [1.807, 2.05) is 0 Å². The van der Waals surface area contributed by atoms with Gasteiger partial charge in [-0.05, 0) is 43.4 Å². The number of aliphatic imine (C=N–C) groups is 1. The third kappa shape index (κ3) is 11.0. The number of nitrogens with two attached hydrogens (primary N) is 3. The van der Waals surface area contributed by atoms with Crippen molar-refractivity contribution in [3.63, 3.8) is 0 Å². The van der Waals surface area contributed by atoms with Crippen LogP contribution in [0.15, 0.2) is 29.3 Å². The lowest BCUT2D eigenvalue weighted by molar-refractivity contribution is -0.145. The second kappa shape index (κ2) is 15.4. The van der Waals surface area contributed by atoms with Crippen molar-refractivity contribution in [2.75, 3.05) is 6.54 Å². The minimum absolute atomic E-state index is 0.00365. The zero-order chi connectivity index (χ0) is 29.0. The van der Waals surface area contributed by atoms with Crippen LogP contribution in [0.3, 0.4) is 0 Å². The molecule has 0 heterocycles. The van der Waals surface area contributed by atoms with E-state index in [-0.39, 0.29) is 31.1 Å². The number of aliphatic hydroxyl groups is 1. The van der Waals surface area contributed by atoms with Gasteiger partial charge < -0.3 is 48.5 Å². The Hall–Kier alpha value is -3.91. The Morgan fingerprint density at radius 3 is 2.00 bits per heavy atom. The van der Waals surface area contributed by atoms with E-state index >= 15 is 0 Å². The quantitative estimate of drug-likeness (QED) is 0.0668. The molecule has 0 aromatic heterocycles. The molecule has 212 valence electrons. The number of carbonyl (C=O) groups excluding carboxylic acids is 3. The molecular weight excluding hydrogens is 498 g/mol. The van der Waals surface area contributed by atoms with Crippen molar-refractivity contribution < 1.29 is 34.5 Å². The van der Waals surface area contributed by atoms with Gasteiger partial charge in [0.05, 0.1) is 12.1 Å². The summed E-state index contributed by atoms with van der Waals surface area (Å²) in [4.78, 5) is 54.1. The molecule has 5 unspecified atom stereocenters. The third-order valence-corrected chi connectivity index (χ3v) is 5.61. The minimum Gasteiger partial charge on any atom is -0.508 e. The van der Waals surface area contributed by atoms with E-state index in [2.05, 4.69) is 20.9 Å². The van der Waals surface area contributed by atoms with Gasteiger partial charge in [-0.25, -0.2) is 4.79 Å². The van der Waals surface area contributed by atoms with Crippen LogP contribution in [0.2, 0.25) is 0 Å². The highest BCUT2D eigenvalue weighted by Crippen LogP contribution is 2.13. The predicted molar refractivity (Wildman–Crippen MR) is 140 cm³/mol. The maximum absolute atomic E-state index is 13.2. The summed E-state index contributed by atoms with van der Waals surface area (Å²) in [5.74, 6) is -4.06. The van der Waals surface area contributed by atoms with Crippen LogP contribution >= 0.6 is 0 Å². The van der Waals surface area contributed by atoms with Gasteiger partial charge in [-0.2, -0.15) is 0 Å². The van der Waals surface area contributed by atoms with Crippen LogP contribution in [-0.2, 0) is 25.6 Å². The minimum atomic E-state index is -1.61. The molecule has 0 spiro atoms. The number of aromatic hydroxyl groups is 1. The molecule has 1 aromatic rings. The number of carbonyl (C=O) groups is 4. The number of aliphatic carboxylic acids is 1. The Balaban J connectivity index is 3.03. The van der Waals surface area contributed by atoms with Gasteiger partial charge in [0, 0.05) is 13.0 Å². The number of rotatable bonds is 15. The lowest BCUT2D eigenvalue weighted by Crippen LogP contribution is -2.59.